The highest BCUT2D eigenvalue weighted by Crippen LogP contribution is 2.54. The van der Waals surface area contributed by atoms with Gasteiger partial charge in [0.05, 0.1) is 18.6 Å². The fourth-order valence-electron chi connectivity index (χ4n) is 2.20. The van der Waals surface area contributed by atoms with Crippen molar-refractivity contribution in [2.45, 2.75) is 18.8 Å². The lowest BCUT2D eigenvalue weighted by atomic mass is 9.94. The van der Waals surface area contributed by atoms with Gasteiger partial charge in [0.2, 0.25) is 0 Å². The summed E-state index contributed by atoms with van der Waals surface area (Å²) in [4.78, 5) is 0. The summed E-state index contributed by atoms with van der Waals surface area (Å²) >= 11 is 0. The molecule has 1 N–H and O–H groups in total. The zero-order valence-electron chi connectivity index (χ0n) is 9.53. The van der Waals surface area contributed by atoms with Crippen molar-refractivity contribution in [3.05, 3.63) is 29.3 Å². The van der Waals surface area contributed by atoms with Gasteiger partial charge >= 0.3 is 0 Å². The van der Waals surface area contributed by atoms with Crippen LogP contribution in [0.2, 0.25) is 0 Å². The number of aryl methyl sites for hydroxylation is 1. The fourth-order valence-corrected chi connectivity index (χ4v) is 2.20. The lowest BCUT2D eigenvalue weighted by Gasteiger charge is -2.11. The van der Waals surface area contributed by atoms with Crippen molar-refractivity contribution in [2.24, 2.45) is 5.92 Å². The number of hydrogen-bond donors (Lipinski definition) is 1. The topological polar surface area (TPSA) is 53.2 Å². The molecule has 1 aromatic rings. The van der Waals surface area contributed by atoms with E-state index in [2.05, 4.69) is 6.07 Å². The summed E-state index contributed by atoms with van der Waals surface area (Å²) in [5, 5.41) is 18.4. The van der Waals surface area contributed by atoms with E-state index >= 15 is 0 Å². The Morgan fingerprint density at radius 2 is 2.38 bits per heavy atom. The highest BCUT2D eigenvalue weighted by atomic mass is 16.5. The Morgan fingerprint density at radius 3 is 2.88 bits per heavy atom. The van der Waals surface area contributed by atoms with Gasteiger partial charge in [0.1, 0.15) is 5.75 Å². The molecule has 3 nitrogen and oxygen atoms in total. The highest BCUT2D eigenvalue weighted by Gasteiger charge is 2.55. The van der Waals surface area contributed by atoms with E-state index in [1.165, 1.54) is 0 Å². The van der Waals surface area contributed by atoms with Crippen LogP contribution in [0.1, 0.15) is 17.5 Å². The lowest BCUT2D eigenvalue weighted by Crippen LogP contribution is -2.09. The molecule has 0 saturated heterocycles. The van der Waals surface area contributed by atoms with Gasteiger partial charge in [-0.1, -0.05) is 12.1 Å². The smallest absolute Gasteiger partial charge is 0.122 e. The second-order valence-corrected chi connectivity index (χ2v) is 4.35. The molecule has 1 aromatic carbocycles. The summed E-state index contributed by atoms with van der Waals surface area (Å²) in [5.41, 5.74) is 1.52. The molecule has 2 unspecified atom stereocenters. The van der Waals surface area contributed by atoms with Crippen LogP contribution in [-0.2, 0) is 5.41 Å². The number of aliphatic hydroxyl groups is 1. The summed E-state index contributed by atoms with van der Waals surface area (Å²) in [5.74, 6) is 0.876. The van der Waals surface area contributed by atoms with Gasteiger partial charge in [-0.2, -0.15) is 5.26 Å². The number of nitrogens with zero attached hydrogens (tertiary/aromatic N) is 1. The van der Waals surface area contributed by atoms with Crippen LogP contribution >= 0.6 is 0 Å². The third-order valence-electron chi connectivity index (χ3n) is 3.45. The first-order chi connectivity index (χ1) is 7.67. The molecule has 0 spiro atoms. The van der Waals surface area contributed by atoms with Crippen molar-refractivity contribution >= 4 is 0 Å². The number of ether oxygens (including phenoxy) is 1. The zero-order valence-corrected chi connectivity index (χ0v) is 9.53. The van der Waals surface area contributed by atoms with Gasteiger partial charge < -0.3 is 9.84 Å². The van der Waals surface area contributed by atoms with Gasteiger partial charge in [-0.05, 0) is 30.5 Å². The van der Waals surface area contributed by atoms with Gasteiger partial charge in [0.25, 0.3) is 0 Å². The predicted octanol–water partition coefficient (Wildman–Crippen LogP) is 1.78. The number of rotatable bonds is 3. The maximum Gasteiger partial charge on any atom is 0.122 e. The number of nitriles is 1. The molecule has 3 heteroatoms. The number of hydrogen-bond acceptors (Lipinski definition) is 3. The predicted molar refractivity (Wildman–Crippen MR) is 60.2 cm³/mol. The molecule has 0 heterocycles. The Hall–Kier alpha value is -1.53. The molecule has 0 aliphatic heterocycles. The average molecular weight is 217 g/mol. The normalized spacial score (nSPS) is 27.2. The summed E-state index contributed by atoms with van der Waals surface area (Å²) in [7, 11) is 1.63. The minimum atomic E-state index is -0.490. The molecular formula is C13H15NO2. The van der Waals surface area contributed by atoms with E-state index in [4.69, 9.17) is 9.84 Å². The van der Waals surface area contributed by atoms with Crippen LogP contribution in [0.4, 0.5) is 0 Å². The fraction of sp³-hybridized carbons (Fsp3) is 0.462. The zero-order chi connectivity index (χ0) is 11.8. The summed E-state index contributed by atoms with van der Waals surface area (Å²) in [6.45, 7) is 2.04. The molecule has 1 saturated carbocycles. The quantitative estimate of drug-likeness (QED) is 0.839. The molecule has 2 atom stereocenters. The second-order valence-electron chi connectivity index (χ2n) is 4.35. The molecule has 0 amide bonds. The van der Waals surface area contributed by atoms with Gasteiger partial charge in [0.15, 0.2) is 0 Å². The van der Waals surface area contributed by atoms with Crippen molar-refractivity contribution in [2.75, 3.05) is 13.7 Å². The summed E-state index contributed by atoms with van der Waals surface area (Å²) in [6.07, 6.45) is 0.742. The van der Waals surface area contributed by atoms with E-state index < -0.39 is 5.41 Å². The van der Waals surface area contributed by atoms with E-state index in [0.29, 0.717) is 0 Å². The van der Waals surface area contributed by atoms with E-state index in [9.17, 15) is 5.26 Å². The Kier molecular flexibility index (Phi) is 2.61. The molecule has 2 rings (SSSR count). The van der Waals surface area contributed by atoms with Crippen LogP contribution in [0, 0.1) is 24.2 Å². The average Bonchev–Trinajstić information content (AvgIpc) is 3.04. The lowest BCUT2D eigenvalue weighted by molar-refractivity contribution is 0.269. The van der Waals surface area contributed by atoms with Crippen LogP contribution in [0.25, 0.3) is 0 Å². The van der Waals surface area contributed by atoms with E-state index in [0.717, 1.165) is 23.3 Å². The van der Waals surface area contributed by atoms with Gasteiger partial charge in [0, 0.05) is 12.5 Å². The minimum Gasteiger partial charge on any atom is -0.496 e. The van der Waals surface area contributed by atoms with E-state index in [1.54, 1.807) is 7.11 Å². The summed E-state index contributed by atoms with van der Waals surface area (Å²) in [6, 6.07) is 8.15. The van der Waals surface area contributed by atoms with Crippen molar-refractivity contribution in [3.63, 3.8) is 0 Å². The van der Waals surface area contributed by atoms with Crippen LogP contribution in [0.5, 0.6) is 5.75 Å². The van der Waals surface area contributed by atoms with Crippen molar-refractivity contribution in [1.29, 1.82) is 5.26 Å². The van der Waals surface area contributed by atoms with Crippen molar-refractivity contribution < 1.29 is 9.84 Å². The third-order valence-corrected chi connectivity index (χ3v) is 3.45. The monoisotopic (exact) mass is 217 g/mol. The number of methoxy groups -OCH3 is 1. The van der Waals surface area contributed by atoms with E-state index in [1.807, 2.05) is 25.1 Å². The molecule has 1 aliphatic rings. The second kappa shape index (κ2) is 3.80. The minimum absolute atomic E-state index is 0.0732. The number of benzene rings is 1. The Balaban J connectivity index is 2.39. The molecule has 1 fully saturated rings. The van der Waals surface area contributed by atoms with Crippen LogP contribution in [0.15, 0.2) is 18.2 Å². The Labute approximate surface area is 95.3 Å². The standard InChI is InChI=1S/C13H15NO2/c1-9-3-4-10(5-12(9)16-2)13(8-14)6-11(13)7-15/h3-5,11,15H,6-7H2,1-2H3. The van der Waals surface area contributed by atoms with Crippen LogP contribution in [-0.4, -0.2) is 18.8 Å². The molecule has 16 heavy (non-hydrogen) atoms. The third kappa shape index (κ3) is 1.46. The molecule has 0 bridgehead atoms. The first-order valence-corrected chi connectivity index (χ1v) is 5.35. The largest absolute Gasteiger partial charge is 0.496 e. The van der Waals surface area contributed by atoms with E-state index in [-0.39, 0.29) is 12.5 Å². The molecule has 1 aliphatic carbocycles. The highest BCUT2D eigenvalue weighted by molar-refractivity contribution is 5.47. The van der Waals surface area contributed by atoms with Crippen molar-refractivity contribution in [3.8, 4) is 11.8 Å². The molecular weight excluding hydrogens is 202 g/mol. The first-order valence-electron chi connectivity index (χ1n) is 5.35. The maximum absolute atomic E-state index is 9.24. The Bertz CT molecular complexity index is 450. The maximum atomic E-state index is 9.24. The van der Waals surface area contributed by atoms with Gasteiger partial charge in [-0.3, -0.25) is 0 Å². The summed E-state index contributed by atoms with van der Waals surface area (Å²) < 4.78 is 5.25. The molecule has 0 aromatic heterocycles. The van der Waals surface area contributed by atoms with Gasteiger partial charge in [-0.15, -0.1) is 0 Å². The van der Waals surface area contributed by atoms with Crippen LogP contribution in [0.3, 0.4) is 0 Å². The molecule has 0 radical (unpaired) electrons. The number of aliphatic hydroxyl groups excluding tert-OH is 1. The Morgan fingerprint density at radius 1 is 1.62 bits per heavy atom. The molecule has 84 valence electrons. The van der Waals surface area contributed by atoms with Gasteiger partial charge in [-0.25, -0.2) is 0 Å². The van der Waals surface area contributed by atoms with Crippen molar-refractivity contribution in [1.82, 2.24) is 0 Å². The first kappa shape index (κ1) is 11.0. The van der Waals surface area contributed by atoms with Crippen LogP contribution < -0.4 is 4.74 Å². The SMILES string of the molecule is COc1cc(C2(C#N)CC2CO)ccc1C.